The van der Waals surface area contributed by atoms with Crippen LogP contribution in [0.25, 0.3) is 0 Å². The van der Waals surface area contributed by atoms with Crippen molar-refractivity contribution in [2.75, 3.05) is 0 Å². The van der Waals surface area contributed by atoms with Crippen LogP contribution in [0.1, 0.15) is 63.1 Å². The molecule has 0 aliphatic carbocycles. The minimum atomic E-state index is -0.955. The van der Waals surface area contributed by atoms with E-state index in [0.717, 1.165) is 24.0 Å². The summed E-state index contributed by atoms with van der Waals surface area (Å²) >= 11 is 0. The fourth-order valence-electron chi connectivity index (χ4n) is 4.15. The third-order valence-corrected chi connectivity index (χ3v) is 5.26. The molecule has 0 radical (unpaired) electrons. The predicted octanol–water partition coefficient (Wildman–Crippen LogP) is 3.62. The molecule has 2 fully saturated rings. The highest BCUT2D eigenvalue weighted by molar-refractivity contribution is 5.70. The number of aliphatic hydroxyl groups is 1. The fourth-order valence-corrected chi connectivity index (χ4v) is 4.15. The van der Waals surface area contributed by atoms with Crippen molar-refractivity contribution in [3.63, 3.8) is 0 Å². The zero-order valence-electron chi connectivity index (χ0n) is 15.4. The van der Waals surface area contributed by atoms with Gasteiger partial charge in [-0.25, -0.2) is 4.79 Å². The average Bonchev–Trinajstić information content (AvgIpc) is 2.78. The van der Waals surface area contributed by atoms with Crippen molar-refractivity contribution in [2.24, 2.45) is 0 Å². The maximum absolute atomic E-state index is 12.5. The number of nitriles is 1. The summed E-state index contributed by atoms with van der Waals surface area (Å²) in [4.78, 5) is 14.4. The highest BCUT2D eigenvalue weighted by Gasteiger charge is 2.51. The summed E-state index contributed by atoms with van der Waals surface area (Å²) in [6.07, 6.45) is 2.52. The maximum atomic E-state index is 12.5. The SMILES string of the molecule is Cc1cc(C2(O)CC3CCC(C2)N3C(=O)OC(C)(C)C)ccc1C#N. The smallest absolute Gasteiger partial charge is 0.410 e. The molecule has 1 aromatic rings. The van der Waals surface area contributed by atoms with Gasteiger partial charge in [0.15, 0.2) is 0 Å². The Kier molecular flexibility index (Phi) is 4.28. The molecule has 0 saturated carbocycles. The third-order valence-electron chi connectivity index (χ3n) is 5.26. The minimum Gasteiger partial charge on any atom is -0.444 e. The molecule has 3 rings (SSSR count). The number of hydrogen-bond acceptors (Lipinski definition) is 4. The molecule has 5 nitrogen and oxygen atoms in total. The molecule has 0 aromatic heterocycles. The lowest BCUT2D eigenvalue weighted by Crippen LogP contribution is -2.53. The first-order valence-corrected chi connectivity index (χ1v) is 8.88. The summed E-state index contributed by atoms with van der Waals surface area (Å²) < 4.78 is 5.55. The minimum absolute atomic E-state index is 0.00505. The standard InChI is InChI=1S/C20H26N2O3/c1-13-9-15(6-5-14(13)12-21)20(24)10-16-7-8-17(11-20)22(16)18(23)25-19(2,3)4/h5-6,9,16-17,24H,7-8,10-11H2,1-4H3. The van der Waals surface area contributed by atoms with Gasteiger partial charge in [0, 0.05) is 24.9 Å². The van der Waals surface area contributed by atoms with E-state index < -0.39 is 11.2 Å². The molecular formula is C20H26N2O3. The van der Waals surface area contributed by atoms with Gasteiger partial charge >= 0.3 is 6.09 Å². The quantitative estimate of drug-likeness (QED) is 0.846. The summed E-state index contributed by atoms with van der Waals surface area (Å²) in [5, 5.41) is 20.4. The van der Waals surface area contributed by atoms with Crippen LogP contribution < -0.4 is 0 Å². The van der Waals surface area contributed by atoms with Crippen molar-refractivity contribution in [3.05, 3.63) is 34.9 Å². The van der Waals surface area contributed by atoms with Crippen LogP contribution in [0.4, 0.5) is 4.79 Å². The monoisotopic (exact) mass is 342 g/mol. The number of carbonyl (C=O) groups excluding carboxylic acids is 1. The Bertz CT molecular complexity index is 715. The Morgan fingerprint density at radius 3 is 2.40 bits per heavy atom. The largest absolute Gasteiger partial charge is 0.444 e. The van der Waals surface area contributed by atoms with Crippen LogP contribution in [-0.4, -0.2) is 33.8 Å². The molecule has 2 unspecified atom stereocenters. The molecule has 2 bridgehead atoms. The van der Waals surface area contributed by atoms with E-state index in [1.807, 2.05) is 44.7 Å². The maximum Gasteiger partial charge on any atom is 0.410 e. The van der Waals surface area contributed by atoms with Crippen molar-refractivity contribution < 1.29 is 14.6 Å². The van der Waals surface area contributed by atoms with Crippen LogP contribution in [-0.2, 0) is 10.3 Å². The first-order chi connectivity index (χ1) is 11.6. The van der Waals surface area contributed by atoms with Gasteiger partial charge in [-0.3, -0.25) is 0 Å². The molecular weight excluding hydrogens is 316 g/mol. The molecule has 2 aliphatic rings. The number of rotatable bonds is 1. The van der Waals surface area contributed by atoms with Gasteiger partial charge in [0.25, 0.3) is 0 Å². The van der Waals surface area contributed by atoms with Crippen molar-refractivity contribution in [2.45, 2.75) is 76.7 Å². The number of fused-ring (bicyclic) bond motifs is 2. The normalized spacial score (nSPS) is 28.6. The highest BCUT2D eigenvalue weighted by Crippen LogP contribution is 2.46. The Hall–Kier alpha value is -2.06. The van der Waals surface area contributed by atoms with Crippen LogP contribution in [0.3, 0.4) is 0 Å². The zero-order chi connectivity index (χ0) is 18.4. The van der Waals surface area contributed by atoms with E-state index in [0.29, 0.717) is 18.4 Å². The van der Waals surface area contributed by atoms with E-state index in [1.54, 1.807) is 6.07 Å². The molecule has 134 valence electrons. The molecule has 25 heavy (non-hydrogen) atoms. The number of benzene rings is 1. The number of aryl methyl sites for hydroxylation is 1. The molecule has 2 heterocycles. The summed E-state index contributed by atoms with van der Waals surface area (Å²) in [7, 11) is 0. The van der Waals surface area contributed by atoms with E-state index >= 15 is 0 Å². The van der Waals surface area contributed by atoms with Gasteiger partial charge in [0.05, 0.1) is 17.2 Å². The Morgan fingerprint density at radius 2 is 1.92 bits per heavy atom. The van der Waals surface area contributed by atoms with Crippen LogP contribution >= 0.6 is 0 Å². The van der Waals surface area contributed by atoms with Crippen molar-refractivity contribution in [1.82, 2.24) is 4.90 Å². The second kappa shape index (κ2) is 6.03. The summed E-state index contributed by atoms with van der Waals surface area (Å²) in [6, 6.07) is 7.66. The first kappa shape index (κ1) is 17.8. The summed E-state index contributed by atoms with van der Waals surface area (Å²) in [6.45, 7) is 7.49. The second-order valence-electron chi connectivity index (χ2n) is 8.35. The molecule has 1 amide bonds. The van der Waals surface area contributed by atoms with Crippen LogP contribution in [0, 0.1) is 18.3 Å². The summed E-state index contributed by atoms with van der Waals surface area (Å²) in [5.74, 6) is 0. The van der Waals surface area contributed by atoms with Gasteiger partial charge in [-0.05, 0) is 57.7 Å². The van der Waals surface area contributed by atoms with Crippen molar-refractivity contribution in [1.29, 1.82) is 5.26 Å². The number of nitrogens with zero attached hydrogens (tertiary/aromatic N) is 2. The molecule has 2 aliphatic heterocycles. The number of hydrogen-bond donors (Lipinski definition) is 1. The van der Waals surface area contributed by atoms with Crippen molar-refractivity contribution in [3.8, 4) is 6.07 Å². The number of piperidine rings is 1. The van der Waals surface area contributed by atoms with Crippen LogP contribution in [0.15, 0.2) is 18.2 Å². The van der Waals surface area contributed by atoms with Gasteiger partial charge in [0.2, 0.25) is 0 Å². The molecule has 1 N–H and O–H groups in total. The van der Waals surface area contributed by atoms with Gasteiger partial charge in [-0.2, -0.15) is 5.26 Å². The number of amides is 1. The van der Waals surface area contributed by atoms with Gasteiger partial charge in [0.1, 0.15) is 5.60 Å². The topological polar surface area (TPSA) is 73.6 Å². The first-order valence-electron chi connectivity index (χ1n) is 8.88. The third kappa shape index (κ3) is 3.36. The van der Waals surface area contributed by atoms with Crippen LogP contribution in [0.2, 0.25) is 0 Å². The highest BCUT2D eigenvalue weighted by atomic mass is 16.6. The lowest BCUT2D eigenvalue weighted by atomic mass is 9.80. The van der Waals surface area contributed by atoms with Gasteiger partial charge in [-0.15, -0.1) is 0 Å². The van der Waals surface area contributed by atoms with Crippen molar-refractivity contribution >= 4 is 6.09 Å². The molecule has 2 atom stereocenters. The number of carbonyl (C=O) groups is 1. The van der Waals surface area contributed by atoms with Crippen LogP contribution in [0.5, 0.6) is 0 Å². The molecule has 1 aromatic carbocycles. The van der Waals surface area contributed by atoms with Gasteiger partial charge in [-0.1, -0.05) is 12.1 Å². The van der Waals surface area contributed by atoms with E-state index in [2.05, 4.69) is 6.07 Å². The molecule has 5 heteroatoms. The number of ether oxygens (including phenoxy) is 1. The van der Waals surface area contributed by atoms with E-state index in [4.69, 9.17) is 10.00 Å². The lowest BCUT2D eigenvalue weighted by molar-refractivity contribution is -0.0624. The second-order valence-corrected chi connectivity index (χ2v) is 8.35. The van der Waals surface area contributed by atoms with E-state index in [-0.39, 0.29) is 18.2 Å². The molecule has 2 saturated heterocycles. The Labute approximate surface area is 149 Å². The lowest BCUT2D eigenvalue weighted by Gasteiger charge is -2.44. The van der Waals surface area contributed by atoms with E-state index in [9.17, 15) is 9.90 Å². The predicted molar refractivity (Wildman–Crippen MR) is 93.9 cm³/mol. The summed E-state index contributed by atoms with van der Waals surface area (Å²) in [5.41, 5.74) is 0.860. The van der Waals surface area contributed by atoms with E-state index in [1.165, 1.54) is 0 Å². The zero-order valence-corrected chi connectivity index (χ0v) is 15.4. The Morgan fingerprint density at radius 1 is 1.32 bits per heavy atom. The van der Waals surface area contributed by atoms with Gasteiger partial charge < -0.3 is 14.7 Å². The molecule has 0 spiro atoms. The fraction of sp³-hybridized carbons (Fsp3) is 0.600. The average molecular weight is 342 g/mol. The Balaban J connectivity index is 1.82.